The maximum atomic E-state index is 12.0. The Bertz CT molecular complexity index is 1140. The summed E-state index contributed by atoms with van der Waals surface area (Å²) >= 11 is 0. The summed E-state index contributed by atoms with van der Waals surface area (Å²) in [5.41, 5.74) is 4.31. The minimum atomic E-state index is 0.339. The van der Waals surface area contributed by atoms with Crippen LogP contribution in [0.2, 0.25) is 0 Å². The third-order valence-corrected chi connectivity index (χ3v) is 5.14. The fraction of sp³-hybridized carbons (Fsp3) is 0.261. The number of amides is 1. The van der Waals surface area contributed by atoms with Crippen LogP contribution in [0.15, 0.2) is 53.2 Å². The number of ether oxygens (including phenoxy) is 1. The van der Waals surface area contributed by atoms with Gasteiger partial charge in [-0.2, -0.15) is 0 Å². The Kier molecular flexibility index (Phi) is 5.52. The number of nitrogens with zero attached hydrogens (tertiary/aromatic N) is 4. The van der Waals surface area contributed by atoms with Crippen LogP contribution in [0.5, 0.6) is 5.75 Å². The van der Waals surface area contributed by atoms with Crippen molar-refractivity contribution in [3.63, 3.8) is 0 Å². The molecule has 0 N–H and O–H groups in total. The van der Waals surface area contributed by atoms with Crippen LogP contribution >= 0.6 is 0 Å². The minimum absolute atomic E-state index is 0.339. The molecule has 3 heterocycles. The number of anilines is 1. The molecular formula is C23H24N4O3. The van der Waals surface area contributed by atoms with Crippen LogP contribution < -0.4 is 9.64 Å². The third kappa shape index (κ3) is 3.66. The molecule has 0 aliphatic carbocycles. The van der Waals surface area contributed by atoms with Gasteiger partial charge >= 0.3 is 0 Å². The van der Waals surface area contributed by atoms with Crippen molar-refractivity contribution in [1.29, 1.82) is 0 Å². The average Bonchev–Trinajstić information content (AvgIpc) is 3.31. The molecule has 4 rings (SSSR count). The van der Waals surface area contributed by atoms with Crippen molar-refractivity contribution in [3.05, 3.63) is 76.9 Å². The van der Waals surface area contributed by atoms with E-state index in [1.165, 1.54) is 0 Å². The third-order valence-electron chi connectivity index (χ3n) is 5.14. The topological polar surface area (TPSA) is 72.9 Å². The summed E-state index contributed by atoms with van der Waals surface area (Å²) in [6.45, 7) is 6.60. The first-order valence-corrected chi connectivity index (χ1v) is 9.92. The highest BCUT2D eigenvalue weighted by molar-refractivity contribution is 5.77. The lowest BCUT2D eigenvalue weighted by Gasteiger charge is -2.18. The van der Waals surface area contributed by atoms with Crippen LogP contribution in [-0.4, -0.2) is 21.0 Å². The first-order valence-electron chi connectivity index (χ1n) is 9.92. The van der Waals surface area contributed by atoms with Gasteiger partial charge in [0.05, 0.1) is 23.5 Å². The fourth-order valence-corrected chi connectivity index (χ4v) is 3.53. The summed E-state index contributed by atoms with van der Waals surface area (Å²) in [5, 5.41) is 3.98. The number of benzene rings is 1. The highest BCUT2D eigenvalue weighted by atomic mass is 16.5. The standard InChI is InChI=1S/C23H24N4O3/c1-4-20-23(26(15-28)13-18-9-6-5-7-10-18)27-12-8-11-21(22(27)24-20)29-14-19-16(2)25-30-17(19)3/h5-12,15H,4,13-14H2,1-3H3. The van der Waals surface area contributed by atoms with E-state index in [0.717, 1.165) is 40.5 Å². The molecule has 0 saturated heterocycles. The van der Waals surface area contributed by atoms with Gasteiger partial charge in [0.2, 0.25) is 6.41 Å². The molecular weight excluding hydrogens is 380 g/mol. The van der Waals surface area contributed by atoms with Gasteiger partial charge in [0.15, 0.2) is 11.4 Å². The van der Waals surface area contributed by atoms with Crippen LogP contribution in [0.1, 0.15) is 35.2 Å². The lowest BCUT2D eigenvalue weighted by atomic mass is 10.2. The molecule has 0 radical (unpaired) electrons. The van der Waals surface area contributed by atoms with Gasteiger partial charge < -0.3 is 9.26 Å². The molecule has 154 valence electrons. The summed E-state index contributed by atoms with van der Waals surface area (Å²) in [6, 6.07) is 13.7. The first-order chi connectivity index (χ1) is 14.6. The number of carbonyl (C=O) groups excluding carboxylic acids is 1. The molecule has 7 heteroatoms. The van der Waals surface area contributed by atoms with E-state index >= 15 is 0 Å². The zero-order valence-electron chi connectivity index (χ0n) is 17.3. The number of aromatic nitrogens is 3. The average molecular weight is 404 g/mol. The Labute approximate surface area is 174 Å². The van der Waals surface area contributed by atoms with E-state index in [1.807, 2.05) is 73.8 Å². The van der Waals surface area contributed by atoms with Gasteiger partial charge in [0.1, 0.15) is 18.2 Å². The number of hydrogen-bond acceptors (Lipinski definition) is 5. The summed E-state index contributed by atoms with van der Waals surface area (Å²) in [4.78, 5) is 18.5. The number of fused-ring (bicyclic) bond motifs is 1. The highest BCUT2D eigenvalue weighted by Gasteiger charge is 2.20. The molecule has 0 aliphatic rings. The Morgan fingerprint density at radius 1 is 1.17 bits per heavy atom. The van der Waals surface area contributed by atoms with Gasteiger partial charge in [0, 0.05) is 6.20 Å². The Balaban J connectivity index is 1.70. The zero-order chi connectivity index (χ0) is 21.1. The summed E-state index contributed by atoms with van der Waals surface area (Å²) < 4.78 is 13.2. The molecule has 4 aromatic rings. The van der Waals surface area contributed by atoms with Gasteiger partial charge in [-0.15, -0.1) is 0 Å². The molecule has 1 amide bonds. The normalized spacial score (nSPS) is 11.0. The quantitative estimate of drug-likeness (QED) is 0.411. The predicted octanol–water partition coefficient (Wildman–Crippen LogP) is 4.24. The fourth-order valence-electron chi connectivity index (χ4n) is 3.53. The zero-order valence-corrected chi connectivity index (χ0v) is 17.3. The van der Waals surface area contributed by atoms with Crippen molar-refractivity contribution >= 4 is 17.9 Å². The van der Waals surface area contributed by atoms with Gasteiger partial charge in [-0.1, -0.05) is 42.4 Å². The van der Waals surface area contributed by atoms with E-state index in [2.05, 4.69) is 5.16 Å². The largest absolute Gasteiger partial charge is 0.485 e. The van der Waals surface area contributed by atoms with Crippen molar-refractivity contribution in [1.82, 2.24) is 14.5 Å². The highest BCUT2D eigenvalue weighted by Crippen LogP contribution is 2.29. The van der Waals surface area contributed by atoms with Crippen LogP contribution in [0, 0.1) is 13.8 Å². The van der Waals surface area contributed by atoms with Crippen molar-refractivity contribution in [2.75, 3.05) is 4.90 Å². The number of imidazole rings is 1. The van der Waals surface area contributed by atoms with Crippen molar-refractivity contribution < 1.29 is 14.1 Å². The Hall–Kier alpha value is -3.61. The number of pyridine rings is 1. The number of aryl methyl sites for hydroxylation is 3. The van der Waals surface area contributed by atoms with E-state index in [1.54, 1.807) is 4.90 Å². The smallest absolute Gasteiger partial charge is 0.215 e. The second kappa shape index (κ2) is 8.41. The monoisotopic (exact) mass is 404 g/mol. The molecule has 1 aromatic carbocycles. The molecule has 0 bridgehead atoms. The minimum Gasteiger partial charge on any atom is -0.485 e. The van der Waals surface area contributed by atoms with E-state index in [-0.39, 0.29) is 0 Å². The molecule has 0 saturated carbocycles. The number of carbonyl (C=O) groups is 1. The van der Waals surface area contributed by atoms with E-state index in [0.29, 0.717) is 31.0 Å². The van der Waals surface area contributed by atoms with Gasteiger partial charge in [-0.3, -0.25) is 14.1 Å². The summed E-state index contributed by atoms with van der Waals surface area (Å²) in [6.07, 6.45) is 3.45. The molecule has 0 fully saturated rings. The van der Waals surface area contributed by atoms with Crippen LogP contribution in [0.4, 0.5) is 5.82 Å². The van der Waals surface area contributed by atoms with E-state index in [4.69, 9.17) is 14.2 Å². The second-order valence-electron chi connectivity index (χ2n) is 7.11. The lowest BCUT2D eigenvalue weighted by molar-refractivity contribution is -0.107. The maximum absolute atomic E-state index is 12.0. The first kappa shape index (κ1) is 19.7. The maximum Gasteiger partial charge on any atom is 0.215 e. The Morgan fingerprint density at radius 2 is 1.97 bits per heavy atom. The van der Waals surface area contributed by atoms with Crippen molar-refractivity contribution in [2.45, 2.75) is 40.3 Å². The molecule has 0 unspecified atom stereocenters. The number of rotatable bonds is 8. The second-order valence-corrected chi connectivity index (χ2v) is 7.11. The van der Waals surface area contributed by atoms with Crippen molar-refractivity contribution in [2.24, 2.45) is 0 Å². The summed E-state index contributed by atoms with van der Waals surface area (Å²) in [5.74, 6) is 2.14. The van der Waals surface area contributed by atoms with Gasteiger partial charge in [-0.25, -0.2) is 4.98 Å². The van der Waals surface area contributed by atoms with Gasteiger partial charge in [-0.05, 0) is 38.0 Å². The van der Waals surface area contributed by atoms with Crippen molar-refractivity contribution in [3.8, 4) is 5.75 Å². The van der Waals surface area contributed by atoms with E-state index < -0.39 is 0 Å². The van der Waals surface area contributed by atoms with E-state index in [9.17, 15) is 4.79 Å². The SMILES string of the molecule is CCc1nc2c(OCc3c(C)noc3C)cccn2c1N(C=O)Cc1ccccc1. The molecule has 0 aliphatic heterocycles. The molecule has 3 aromatic heterocycles. The molecule has 30 heavy (non-hydrogen) atoms. The molecule has 0 spiro atoms. The van der Waals surface area contributed by atoms with Gasteiger partial charge in [0.25, 0.3) is 0 Å². The molecule has 7 nitrogen and oxygen atoms in total. The number of hydrogen-bond donors (Lipinski definition) is 0. The molecule has 0 atom stereocenters. The lowest BCUT2D eigenvalue weighted by Crippen LogP contribution is -2.23. The van der Waals surface area contributed by atoms with Crippen LogP contribution in [-0.2, 0) is 24.4 Å². The Morgan fingerprint density at radius 3 is 2.63 bits per heavy atom. The van der Waals surface area contributed by atoms with Crippen LogP contribution in [0.3, 0.4) is 0 Å². The predicted molar refractivity (Wildman–Crippen MR) is 114 cm³/mol. The van der Waals surface area contributed by atoms with Crippen LogP contribution in [0.25, 0.3) is 5.65 Å². The summed E-state index contributed by atoms with van der Waals surface area (Å²) in [7, 11) is 0.